The summed E-state index contributed by atoms with van der Waals surface area (Å²) in [6.07, 6.45) is 0.675. The van der Waals surface area contributed by atoms with Crippen LogP contribution in [0, 0.1) is 0 Å². The van der Waals surface area contributed by atoms with Crippen molar-refractivity contribution in [2.75, 3.05) is 16.9 Å². The van der Waals surface area contributed by atoms with Gasteiger partial charge in [0.2, 0.25) is 11.1 Å². The number of Topliss-reactive ketones (excluding diaryl/α,β-unsaturated/α-hetero) is 1. The Balaban J connectivity index is 1.94. The van der Waals surface area contributed by atoms with Crippen molar-refractivity contribution >= 4 is 29.1 Å². The van der Waals surface area contributed by atoms with Gasteiger partial charge >= 0.3 is 0 Å². The van der Waals surface area contributed by atoms with E-state index in [0.717, 1.165) is 0 Å². The Bertz CT molecular complexity index is 698. The van der Waals surface area contributed by atoms with Crippen LogP contribution >= 0.6 is 11.8 Å². The van der Waals surface area contributed by atoms with Crippen LogP contribution in [0.1, 0.15) is 30.0 Å². The largest absolute Gasteiger partial charge is 0.336 e. The number of aryl methyl sites for hydroxylation is 1. The van der Waals surface area contributed by atoms with E-state index in [9.17, 15) is 9.59 Å². The molecule has 0 aliphatic rings. The van der Waals surface area contributed by atoms with Crippen LogP contribution in [0.4, 0.5) is 5.69 Å². The van der Waals surface area contributed by atoms with Crippen LogP contribution in [0.25, 0.3) is 0 Å². The van der Waals surface area contributed by atoms with E-state index in [-0.39, 0.29) is 17.4 Å². The van der Waals surface area contributed by atoms with Gasteiger partial charge in [0, 0.05) is 17.7 Å². The highest BCUT2D eigenvalue weighted by Crippen LogP contribution is 2.16. The average Bonchev–Trinajstić information content (AvgIpc) is 2.85. The van der Waals surface area contributed by atoms with Crippen LogP contribution in [0.3, 0.4) is 0 Å². The third kappa shape index (κ3) is 3.85. The van der Waals surface area contributed by atoms with Crippen molar-refractivity contribution < 1.29 is 9.59 Å². The molecule has 8 heteroatoms. The quantitative estimate of drug-likeness (QED) is 0.475. The first kappa shape index (κ1) is 16.0. The molecule has 1 heterocycles. The third-order valence-electron chi connectivity index (χ3n) is 2.94. The van der Waals surface area contributed by atoms with Gasteiger partial charge in [0.15, 0.2) is 11.6 Å². The third-order valence-corrected chi connectivity index (χ3v) is 3.88. The molecule has 0 unspecified atom stereocenters. The van der Waals surface area contributed by atoms with E-state index in [4.69, 9.17) is 5.84 Å². The molecule has 0 saturated carbocycles. The fourth-order valence-corrected chi connectivity index (χ4v) is 2.47. The van der Waals surface area contributed by atoms with E-state index in [1.54, 1.807) is 24.3 Å². The second kappa shape index (κ2) is 7.08. The van der Waals surface area contributed by atoms with E-state index >= 15 is 0 Å². The summed E-state index contributed by atoms with van der Waals surface area (Å²) in [6, 6.07) is 6.81. The summed E-state index contributed by atoms with van der Waals surface area (Å²) in [5.74, 6) is 6.38. The van der Waals surface area contributed by atoms with Crippen molar-refractivity contribution in [2.24, 2.45) is 0 Å². The predicted molar refractivity (Wildman–Crippen MR) is 85.4 cm³/mol. The number of hydrogen-bond acceptors (Lipinski definition) is 6. The van der Waals surface area contributed by atoms with E-state index in [1.165, 1.54) is 23.4 Å². The first-order chi connectivity index (χ1) is 10.5. The number of thioether (sulfide) groups is 1. The minimum absolute atomic E-state index is 0.0474. The molecular formula is C14H17N5O2S. The Morgan fingerprint density at radius 1 is 1.36 bits per heavy atom. The summed E-state index contributed by atoms with van der Waals surface area (Å²) >= 11 is 1.21. The summed E-state index contributed by atoms with van der Waals surface area (Å²) in [4.78, 5) is 23.3. The number of rotatable bonds is 6. The lowest BCUT2D eigenvalue weighted by molar-refractivity contribution is -0.113. The van der Waals surface area contributed by atoms with Gasteiger partial charge in [0.05, 0.1) is 5.75 Å². The predicted octanol–water partition coefficient (Wildman–Crippen LogP) is 1.49. The molecule has 2 rings (SSSR count). The van der Waals surface area contributed by atoms with Crippen LogP contribution in [0.2, 0.25) is 0 Å². The minimum atomic E-state index is -0.202. The van der Waals surface area contributed by atoms with Crippen LogP contribution in [0.5, 0.6) is 0 Å². The van der Waals surface area contributed by atoms with Crippen LogP contribution in [-0.2, 0) is 11.2 Å². The Kier molecular flexibility index (Phi) is 5.16. The Morgan fingerprint density at radius 2 is 2.14 bits per heavy atom. The first-order valence-corrected chi connectivity index (χ1v) is 7.72. The van der Waals surface area contributed by atoms with Gasteiger partial charge in [-0.05, 0) is 19.1 Å². The average molecular weight is 319 g/mol. The number of ketones is 1. The zero-order valence-electron chi connectivity index (χ0n) is 12.4. The molecule has 2 aromatic rings. The van der Waals surface area contributed by atoms with Crippen molar-refractivity contribution in [3.63, 3.8) is 0 Å². The molecule has 1 amide bonds. The Hall–Kier alpha value is -2.35. The lowest BCUT2D eigenvalue weighted by Gasteiger charge is -2.06. The normalized spacial score (nSPS) is 10.5. The summed E-state index contributed by atoms with van der Waals surface area (Å²) in [7, 11) is 0. The molecular weight excluding hydrogens is 302 g/mol. The van der Waals surface area contributed by atoms with Crippen molar-refractivity contribution in [1.29, 1.82) is 0 Å². The topological polar surface area (TPSA) is 103 Å². The van der Waals surface area contributed by atoms with Gasteiger partial charge < -0.3 is 11.2 Å². The second-order valence-corrected chi connectivity index (χ2v) is 5.54. The van der Waals surface area contributed by atoms with Crippen LogP contribution in [-0.4, -0.2) is 32.3 Å². The molecule has 0 radical (unpaired) electrons. The molecule has 0 bridgehead atoms. The lowest BCUT2D eigenvalue weighted by atomic mass is 10.1. The molecule has 22 heavy (non-hydrogen) atoms. The molecule has 1 aromatic carbocycles. The molecule has 1 aromatic heterocycles. The smallest absolute Gasteiger partial charge is 0.234 e. The number of carbonyl (C=O) groups is 2. The van der Waals surface area contributed by atoms with E-state index < -0.39 is 0 Å². The van der Waals surface area contributed by atoms with Crippen molar-refractivity contribution in [3.05, 3.63) is 35.7 Å². The fraction of sp³-hybridized carbons (Fsp3) is 0.286. The Labute approximate surface area is 132 Å². The highest BCUT2D eigenvalue weighted by molar-refractivity contribution is 7.99. The zero-order chi connectivity index (χ0) is 16.1. The van der Waals surface area contributed by atoms with Gasteiger partial charge in [-0.15, -0.1) is 10.2 Å². The number of nitrogen functional groups attached to an aromatic ring is 1. The lowest BCUT2D eigenvalue weighted by Crippen LogP contribution is -2.17. The molecule has 116 valence electrons. The number of amides is 1. The highest BCUT2D eigenvalue weighted by Gasteiger charge is 2.11. The fourth-order valence-electron chi connectivity index (χ4n) is 1.79. The number of nitrogens with two attached hydrogens (primary N) is 1. The van der Waals surface area contributed by atoms with E-state index in [2.05, 4.69) is 15.5 Å². The second-order valence-electron chi connectivity index (χ2n) is 4.60. The summed E-state index contributed by atoms with van der Waals surface area (Å²) in [5.41, 5.74) is 1.14. The van der Waals surface area contributed by atoms with Gasteiger partial charge in [-0.2, -0.15) is 0 Å². The molecule has 0 atom stereocenters. The standard InChI is InChI=1S/C14H17N5O2S/c1-3-12-17-18-14(19(12)15)22-8-13(21)16-11-6-4-5-10(7-11)9(2)20/h4-7H,3,8,15H2,1-2H3,(H,16,21). The number of aromatic nitrogens is 3. The molecule has 0 fully saturated rings. The summed E-state index contributed by atoms with van der Waals surface area (Å²) in [6.45, 7) is 3.41. The number of benzene rings is 1. The Morgan fingerprint density at radius 3 is 2.77 bits per heavy atom. The maximum atomic E-state index is 11.9. The number of carbonyl (C=O) groups excluding carboxylic acids is 2. The van der Waals surface area contributed by atoms with Gasteiger partial charge in [-0.1, -0.05) is 30.8 Å². The number of nitrogens with one attached hydrogen (secondary N) is 1. The molecule has 0 saturated heterocycles. The monoisotopic (exact) mass is 319 g/mol. The van der Waals surface area contributed by atoms with Crippen molar-refractivity contribution in [1.82, 2.24) is 14.9 Å². The van der Waals surface area contributed by atoms with Gasteiger partial charge in [0.1, 0.15) is 0 Å². The summed E-state index contributed by atoms with van der Waals surface area (Å²) in [5, 5.41) is 11.1. The molecule has 7 nitrogen and oxygen atoms in total. The van der Waals surface area contributed by atoms with Crippen molar-refractivity contribution in [2.45, 2.75) is 25.4 Å². The van der Waals surface area contributed by atoms with Crippen LogP contribution < -0.4 is 11.2 Å². The van der Waals surface area contributed by atoms with E-state index in [1.807, 2.05) is 6.92 Å². The minimum Gasteiger partial charge on any atom is -0.336 e. The van der Waals surface area contributed by atoms with Gasteiger partial charge in [0.25, 0.3) is 0 Å². The van der Waals surface area contributed by atoms with Crippen molar-refractivity contribution in [3.8, 4) is 0 Å². The SMILES string of the molecule is CCc1nnc(SCC(=O)Nc2cccc(C(C)=O)c2)n1N. The molecule has 3 N–H and O–H groups in total. The van der Waals surface area contributed by atoms with Gasteiger partial charge in [-0.3, -0.25) is 9.59 Å². The highest BCUT2D eigenvalue weighted by atomic mass is 32.2. The molecule has 0 aliphatic carbocycles. The van der Waals surface area contributed by atoms with Crippen LogP contribution in [0.15, 0.2) is 29.4 Å². The number of anilines is 1. The molecule has 0 aliphatic heterocycles. The maximum absolute atomic E-state index is 11.9. The van der Waals surface area contributed by atoms with Gasteiger partial charge in [-0.25, -0.2) is 4.68 Å². The molecule has 0 spiro atoms. The maximum Gasteiger partial charge on any atom is 0.234 e. The van der Waals surface area contributed by atoms with E-state index in [0.29, 0.717) is 28.7 Å². The zero-order valence-corrected chi connectivity index (χ0v) is 13.2. The number of hydrogen-bond donors (Lipinski definition) is 2. The first-order valence-electron chi connectivity index (χ1n) is 6.74. The number of nitrogens with zero attached hydrogens (tertiary/aromatic N) is 3. The summed E-state index contributed by atoms with van der Waals surface area (Å²) < 4.78 is 1.38.